The Morgan fingerprint density at radius 3 is 2.90 bits per heavy atom. The first-order valence-electron chi connectivity index (χ1n) is 6.74. The Kier molecular flexibility index (Phi) is 4.23. The number of rotatable bonds is 2. The van der Waals surface area contributed by atoms with Crippen LogP contribution in [0.3, 0.4) is 0 Å². The Bertz CT molecular complexity index is 486. The molecule has 2 aliphatic heterocycles. The van der Waals surface area contributed by atoms with E-state index in [1.54, 1.807) is 0 Å². The van der Waals surface area contributed by atoms with Gasteiger partial charge in [-0.15, -0.1) is 11.8 Å². The number of carbonyl (C=O) groups excluding carboxylic acids is 1. The lowest BCUT2D eigenvalue weighted by atomic mass is 10.2. The lowest BCUT2D eigenvalue weighted by Crippen LogP contribution is -2.47. The fourth-order valence-electron chi connectivity index (χ4n) is 2.18. The fourth-order valence-corrected chi connectivity index (χ4v) is 5.01. The Labute approximate surface area is 126 Å². The number of nitrogens with one attached hydrogen (secondary N) is 2. The molecule has 2 aliphatic rings. The summed E-state index contributed by atoms with van der Waals surface area (Å²) in [6, 6.07) is -0.0773. The van der Waals surface area contributed by atoms with Gasteiger partial charge < -0.3 is 9.84 Å². The number of nitrogens with zero attached hydrogens (tertiary/aromatic N) is 2. The number of thioether (sulfide) groups is 2. The predicted octanol–water partition coefficient (Wildman–Crippen LogP) is 1.13. The van der Waals surface area contributed by atoms with Crippen LogP contribution >= 0.6 is 23.5 Å². The molecule has 0 saturated carbocycles. The smallest absolute Gasteiger partial charge is 0.245 e. The van der Waals surface area contributed by atoms with Crippen LogP contribution < -0.4 is 10.6 Å². The highest BCUT2D eigenvalue weighted by molar-refractivity contribution is 8.07. The van der Waals surface area contributed by atoms with Crippen molar-refractivity contribution in [3.63, 3.8) is 0 Å². The molecule has 3 rings (SSSR count). The summed E-state index contributed by atoms with van der Waals surface area (Å²) in [5.41, 5.74) is 0. The van der Waals surface area contributed by atoms with Gasteiger partial charge in [-0.05, 0) is 0 Å². The van der Waals surface area contributed by atoms with Crippen molar-refractivity contribution in [3.05, 3.63) is 11.7 Å². The first-order chi connectivity index (χ1) is 9.63. The molecule has 4 atom stereocenters. The third-order valence-electron chi connectivity index (χ3n) is 3.61. The van der Waals surface area contributed by atoms with Crippen LogP contribution in [0.4, 0.5) is 0 Å². The minimum Gasteiger partial charge on any atom is -0.353 e. The SMILES string of the molecule is CC1SCC(c2noc(C3CNC(=O)CN3)n2)SC1C. The van der Waals surface area contributed by atoms with Crippen molar-refractivity contribution in [2.75, 3.05) is 18.8 Å². The second-order valence-corrected chi connectivity index (χ2v) is 8.09. The second-order valence-electron chi connectivity index (χ2n) is 5.10. The quantitative estimate of drug-likeness (QED) is 0.847. The van der Waals surface area contributed by atoms with Gasteiger partial charge in [0.2, 0.25) is 11.8 Å². The van der Waals surface area contributed by atoms with Crippen molar-refractivity contribution >= 4 is 29.4 Å². The molecule has 0 aromatic carbocycles. The average molecular weight is 314 g/mol. The first-order valence-corrected chi connectivity index (χ1v) is 8.73. The molecule has 0 aliphatic carbocycles. The van der Waals surface area contributed by atoms with Crippen LogP contribution in [-0.2, 0) is 4.79 Å². The monoisotopic (exact) mass is 314 g/mol. The summed E-state index contributed by atoms with van der Waals surface area (Å²) in [7, 11) is 0. The number of hydrogen-bond acceptors (Lipinski definition) is 7. The molecular formula is C12H18N4O2S2. The van der Waals surface area contributed by atoms with E-state index >= 15 is 0 Å². The van der Waals surface area contributed by atoms with E-state index in [4.69, 9.17) is 4.52 Å². The van der Waals surface area contributed by atoms with Crippen LogP contribution in [0.1, 0.15) is 36.9 Å². The molecular weight excluding hydrogens is 296 g/mol. The van der Waals surface area contributed by atoms with Crippen molar-refractivity contribution in [1.29, 1.82) is 0 Å². The molecule has 1 aromatic rings. The highest BCUT2D eigenvalue weighted by Crippen LogP contribution is 2.43. The molecule has 2 fully saturated rings. The molecule has 0 radical (unpaired) electrons. The van der Waals surface area contributed by atoms with E-state index in [-0.39, 0.29) is 11.9 Å². The van der Waals surface area contributed by atoms with Gasteiger partial charge >= 0.3 is 0 Å². The standard InChI is InChI=1S/C12H18N4O2S2/c1-6-7(2)20-9(5-19-6)11-15-12(18-16-11)8-3-14-10(17)4-13-8/h6-9,13H,3-5H2,1-2H3,(H,14,17). The molecule has 1 aromatic heterocycles. The molecule has 3 heterocycles. The van der Waals surface area contributed by atoms with Crippen molar-refractivity contribution < 1.29 is 9.32 Å². The van der Waals surface area contributed by atoms with E-state index in [1.807, 2.05) is 23.5 Å². The van der Waals surface area contributed by atoms with Gasteiger partial charge in [0.1, 0.15) is 6.04 Å². The maximum atomic E-state index is 11.1. The molecule has 0 spiro atoms. The maximum Gasteiger partial charge on any atom is 0.245 e. The topological polar surface area (TPSA) is 80.0 Å². The van der Waals surface area contributed by atoms with Crippen molar-refractivity contribution in [3.8, 4) is 0 Å². The van der Waals surface area contributed by atoms with E-state index in [0.717, 1.165) is 11.6 Å². The minimum atomic E-state index is -0.0773. The summed E-state index contributed by atoms with van der Waals surface area (Å²) in [5.74, 6) is 2.36. The van der Waals surface area contributed by atoms with Gasteiger partial charge in [-0.1, -0.05) is 19.0 Å². The Morgan fingerprint density at radius 2 is 2.20 bits per heavy atom. The molecule has 6 nitrogen and oxygen atoms in total. The molecule has 8 heteroatoms. The van der Waals surface area contributed by atoms with E-state index in [1.165, 1.54) is 0 Å². The van der Waals surface area contributed by atoms with Crippen molar-refractivity contribution in [2.24, 2.45) is 0 Å². The molecule has 2 N–H and O–H groups in total. The van der Waals surface area contributed by atoms with Crippen LogP contribution in [0.2, 0.25) is 0 Å². The third-order valence-corrected chi connectivity index (χ3v) is 6.99. The molecule has 110 valence electrons. The normalized spacial score (nSPS) is 34.8. The van der Waals surface area contributed by atoms with E-state index < -0.39 is 0 Å². The maximum absolute atomic E-state index is 11.1. The summed E-state index contributed by atoms with van der Waals surface area (Å²) in [6.45, 7) is 5.30. The van der Waals surface area contributed by atoms with Gasteiger partial charge in [0.05, 0.1) is 11.8 Å². The minimum absolute atomic E-state index is 0.00281. The van der Waals surface area contributed by atoms with Gasteiger partial charge in [0.15, 0.2) is 5.82 Å². The van der Waals surface area contributed by atoms with Crippen LogP contribution in [0.5, 0.6) is 0 Å². The molecule has 20 heavy (non-hydrogen) atoms. The highest BCUT2D eigenvalue weighted by atomic mass is 32.2. The van der Waals surface area contributed by atoms with Gasteiger partial charge in [-0.2, -0.15) is 16.7 Å². The van der Waals surface area contributed by atoms with Crippen LogP contribution in [0.25, 0.3) is 0 Å². The number of piperazine rings is 1. The lowest BCUT2D eigenvalue weighted by Gasteiger charge is -2.29. The van der Waals surface area contributed by atoms with Crippen molar-refractivity contribution in [2.45, 2.75) is 35.6 Å². The van der Waals surface area contributed by atoms with Gasteiger partial charge in [-0.25, -0.2) is 0 Å². The Hall–Kier alpha value is -0.730. The summed E-state index contributed by atoms with van der Waals surface area (Å²) >= 11 is 3.87. The third kappa shape index (κ3) is 2.96. The number of amides is 1. The van der Waals surface area contributed by atoms with E-state index in [2.05, 4.69) is 34.6 Å². The number of aromatic nitrogens is 2. The molecule has 1 amide bonds. The Morgan fingerprint density at radius 1 is 1.35 bits per heavy atom. The van der Waals surface area contributed by atoms with E-state index in [0.29, 0.717) is 34.7 Å². The highest BCUT2D eigenvalue weighted by Gasteiger charge is 2.31. The molecule has 0 bridgehead atoms. The van der Waals surface area contributed by atoms with Gasteiger partial charge in [-0.3, -0.25) is 10.1 Å². The van der Waals surface area contributed by atoms with Crippen LogP contribution in [-0.4, -0.2) is 45.4 Å². The lowest BCUT2D eigenvalue weighted by molar-refractivity contribution is -0.121. The van der Waals surface area contributed by atoms with Crippen LogP contribution in [0.15, 0.2) is 4.52 Å². The summed E-state index contributed by atoms with van der Waals surface area (Å²) in [6.07, 6.45) is 0. The van der Waals surface area contributed by atoms with Crippen molar-refractivity contribution in [1.82, 2.24) is 20.8 Å². The first kappa shape index (κ1) is 14.2. The van der Waals surface area contributed by atoms with Gasteiger partial charge in [0, 0.05) is 22.8 Å². The molecule has 2 saturated heterocycles. The number of carbonyl (C=O) groups is 1. The summed E-state index contributed by atoms with van der Waals surface area (Å²) in [4.78, 5) is 15.6. The zero-order valence-electron chi connectivity index (χ0n) is 11.5. The average Bonchev–Trinajstić information content (AvgIpc) is 2.92. The Balaban J connectivity index is 1.66. The predicted molar refractivity (Wildman–Crippen MR) is 79.8 cm³/mol. The van der Waals surface area contributed by atoms with E-state index in [9.17, 15) is 4.79 Å². The zero-order valence-corrected chi connectivity index (χ0v) is 13.1. The van der Waals surface area contributed by atoms with Gasteiger partial charge in [0.25, 0.3) is 0 Å². The van der Waals surface area contributed by atoms with Crippen LogP contribution in [0, 0.1) is 0 Å². The molecule has 4 unspecified atom stereocenters. The summed E-state index contributed by atoms with van der Waals surface area (Å²) in [5, 5.41) is 11.6. The largest absolute Gasteiger partial charge is 0.353 e. The zero-order chi connectivity index (χ0) is 14.1. The summed E-state index contributed by atoms with van der Waals surface area (Å²) < 4.78 is 5.36. The number of hydrogen-bond donors (Lipinski definition) is 2. The second kappa shape index (κ2) is 5.95. The fraction of sp³-hybridized carbons (Fsp3) is 0.750.